The van der Waals surface area contributed by atoms with Gasteiger partial charge in [0, 0.05) is 48.3 Å². The van der Waals surface area contributed by atoms with Gasteiger partial charge in [-0.2, -0.15) is 4.31 Å². The lowest BCUT2D eigenvalue weighted by molar-refractivity contribution is -0.166. The van der Waals surface area contributed by atoms with Crippen LogP contribution in [0.5, 0.6) is 0 Å². The fourth-order valence-corrected chi connectivity index (χ4v) is 6.92. The Hall–Kier alpha value is -3.25. The predicted molar refractivity (Wildman–Crippen MR) is 148 cm³/mol. The van der Waals surface area contributed by atoms with Crippen LogP contribution < -0.4 is 4.90 Å². The van der Waals surface area contributed by atoms with Crippen LogP contribution in [0.4, 0.5) is 5.69 Å². The highest BCUT2D eigenvalue weighted by Crippen LogP contribution is 2.27. The highest BCUT2D eigenvalue weighted by molar-refractivity contribution is 7.89. The summed E-state index contributed by atoms with van der Waals surface area (Å²) in [6.45, 7) is 2.82. The molecule has 2 aliphatic heterocycles. The van der Waals surface area contributed by atoms with Gasteiger partial charge in [0.2, 0.25) is 10.0 Å². The minimum atomic E-state index is -3.93. The molecule has 0 unspecified atom stereocenters. The largest absolute Gasteiger partial charge is 0.480 e. The van der Waals surface area contributed by atoms with E-state index in [9.17, 15) is 23.1 Å². The molecule has 1 amide bonds. The lowest BCUT2D eigenvalue weighted by atomic mass is 10.0. The number of carbonyl (C=O) groups is 2. The first-order valence-corrected chi connectivity index (χ1v) is 14.6. The summed E-state index contributed by atoms with van der Waals surface area (Å²) in [5.74, 6) is -1.48. The molecule has 0 atom stereocenters. The average molecular weight is 572 g/mol. The van der Waals surface area contributed by atoms with Crippen LogP contribution in [-0.4, -0.2) is 90.0 Å². The second-order valence-electron chi connectivity index (χ2n) is 9.87. The molecule has 0 spiro atoms. The van der Waals surface area contributed by atoms with E-state index < -0.39 is 21.9 Å². The average Bonchev–Trinajstić information content (AvgIpc) is 2.91. The molecule has 12 heteroatoms. The Bertz CT molecular complexity index is 1510. The SMILES string of the molecule is Cc1cc(N2CCC(N(CC(=O)O)N3CCN(S(=O)(=O)c4ccc5cc(Cl)ccc5c4)CC3=O)CC2)ccn1. The number of hydrazine groups is 1. The number of aliphatic carboxylic acids is 1. The van der Waals surface area contributed by atoms with Gasteiger partial charge in [-0.15, -0.1) is 0 Å². The van der Waals surface area contributed by atoms with Gasteiger partial charge in [0.05, 0.1) is 18.0 Å². The number of nitrogens with zero attached hydrogens (tertiary/aromatic N) is 5. The first-order chi connectivity index (χ1) is 18.6. The Morgan fingerprint density at radius 3 is 2.46 bits per heavy atom. The van der Waals surface area contributed by atoms with Crippen LogP contribution in [0.1, 0.15) is 18.5 Å². The summed E-state index contributed by atoms with van der Waals surface area (Å²) < 4.78 is 28.0. The molecule has 3 heterocycles. The zero-order valence-electron chi connectivity index (χ0n) is 21.5. The molecule has 2 aliphatic rings. The summed E-state index contributed by atoms with van der Waals surface area (Å²) in [5, 5.41) is 14.8. The molecule has 0 bridgehead atoms. The minimum Gasteiger partial charge on any atom is -0.480 e. The quantitative estimate of drug-likeness (QED) is 0.460. The van der Waals surface area contributed by atoms with E-state index in [0.717, 1.165) is 26.5 Å². The number of benzene rings is 2. The van der Waals surface area contributed by atoms with Crippen LogP contribution in [0.25, 0.3) is 10.8 Å². The van der Waals surface area contributed by atoms with Crippen molar-refractivity contribution in [1.29, 1.82) is 0 Å². The van der Waals surface area contributed by atoms with Crippen LogP contribution in [-0.2, 0) is 19.6 Å². The first-order valence-electron chi connectivity index (χ1n) is 12.8. The maximum atomic E-state index is 13.4. The van der Waals surface area contributed by atoms with Crippen molar-refractivity contribution in [2.45, 2.75) is 30.7 Å². The number of anilines is 1. The third-order valence-electron chi connectivity index (χ3n) is 7.31. The van der Waals surface area contributed by atoms with Crippen molar-refractivity contribution in [2.24, 2.45) is 0 Å². The van der Waals surface area contributed by atoms with Crippen LogP contribution in [0.2, 0.25) is 5.02 Å². The number of rotatable bonds is 7. The molecular formula is C27H30ClN5O5S. The van der Waals surface area contributed by atoms with Crippen molar-refractivity contribution in [1.82, 2.24) is 19.3 Å². The van der Waals surface area contributed by atoms with Crippen LogP contribution in [0.15, 0.2) is 59.6 Å². The number of aromatic nitrogens is 1. The molecule has 2 saturated heterocycles. The van der Waals surface area contributed by atoms with E-state index in [1.807, 2.05) is 19.1 Å². The van der Waals surface area contributed by atoms with E-state index >= 15 is 0 Å². The number of hydrogen-bond donors (Lipinski definition) is 1. The first kappa shape index (κ1) is 27.3. The summed E-state index contributed by atoms with van der Waals surface area (Å²) >= 11 is 6.04. The van der Waals surface area contributed by atoms with E-state index in [4.69, 9.17) is 11.6 Å². The smallest absolute Gasteiger partial charge is 0.319 e. The Kier molecular flexibility index (Phi) is 7.77. The van der Waals surface area contributed by atoms with Crippen molar-refractivity contribution in [3.63, 3.8) is 0 Å². The zero-order valence-corrected chi connectivity index (χ0v) is 23.1. The molecule has 2 aromatic carbocycles. The molecular weight excluding hydrogens is 542 g/mol. The van der Waals surface area contributed by atoms with Crippen molar-refractivity contribution in [2.75, 3.05) is 44.2 Å². The van der Waals surface area contributed by atoms with E-state index in [1.54, 1.807) is 41.5 Å². The number of aryl methyl sites for hydroxylation is 1. The third-order valence-corrected chi connectivity index (χ3v) is 9.39. The summed E-state index contributed by atoms with van der Waals surface area (Å²) in [7, 11) is -3.93. The van der Waals surface area contributed by atoms with Gasteiger partial charge in [0.15, 0.2) is 0 Å². The molecule has 1 aromatic heterocycles. The third kappa shape index (κ3) is 5.86. The van der Waals surface area contributed by atoms with Crippen molar-refractivity contribution in [3.8, 4) is 0 Å². The number of fused-ring (bicyclic) bond motifs is 1. The lowest BCUT2D eigenvalue weighted by Crippen LogP contribution is -2.62. The number of carboxylic acid groups (broad SMARTS) is 1. The molecule has 0 radical (unpaired) electrons. The fourth-order valence-electron chi connectivity index (χ4n) is 5.32. The van der Waals surface area contributed by atoms with Gasteiger partial charge in [-0.1, -0.05) is 23.7 Å². The molecule has 10 nitrogen and oxygen atoms in total. The van der Waals surface area contributed by atoms with Gasteiger partial charge in [0.25, 0.3) is 5.91 Å². The lowest BCUT2D eigenvalue weighted by Gasteiger charge is -2.46. The Balaban J connectivity index is 1.28. The van der Waals surface area contributed by atoms with Crippen molar-refractivity contribution in [3.05, 3.63) is 65.4 Å². The number of pyridine rings is 1. The zero-order chi connectivity index (χ0) is 27.7. The van der Waals surface area contributed by atoms with E-state index in [1.165, 1.54) is 11.1 Å². The summed E-state index contributed by atoms with van der Waals surface area (Å²) in [4.78, 5) is 31.6. The van der Waals surface area contributed by atoms with Gasteiger partial charge < -0.3 is 10.0 Å². The number of carboxylic acids is 1. The summed E-state index contributed by atoms with van der Waals surface area (Å²) in [5.41, 5.74) is 1.99. The van der Waals surface area contributed by atoms with Gasteiger partial charge in [0.1, 0.15) is 6.54 Å². The summed E-state index contributed by atoms with van der Waals surface area (Å²) in [6.07, 6.45) is 3.11. The van der Waals surface area contributed by atoms with Gasteiger partial charge in [-0.3, -0.25) is 19.6 Å². The molecule has 39 heavy (non-hydrogen) atoms. The van der Waals surface area contributed by atoms with E-state index in [2.05, 4.69) is 9.88 Å². The standard InChI is InChI=1S/C27H30ClN5O5S/c1-19-14-24(6-9-29-19)30-10-7-23(8-11-30)33(18-27(35)36)32-13-12-31(17-26(32)34)39(37,38)25-5-3-20-15-22(28)4-2-21(20)16-25/h2-6,9,14-16,23H,7-8,10-13,17-18H2,1H3,(H,35,36). The van der Waals surface area contributed by atoms with E-state index in [0.29, 0.717) is 31.0 Å². The van der Waals surface area contributed by atoms with Crippen molar-refractivity contribution >= 4 is 50.0 Å². The number of piperidine rings is 1. The monoisotopic (exact) mass is 571 g/mol. The number of sulfonamides is 1. The Labute approximate surface area is 232 Å². The number of piperazine rings is 1. The van der Waals surface area contributed by atoms with Gasteiger partial charge >= 0.3 is 5.97 Å². The molecule has 5 rings (SSSR count). The molecule has 0 saturated carbocycles. The maximum Gasteiger partial charge on any atom is 0.319 e. The molecule has 0 aliphatic carbocycles. The van der Waals surface area contributed by atoms with Crippen LogP contribution in [0, 0.1) is 6.92 Å². The molecule has 206 valence electrons. The Morgan fingerprint density at radius 2 is 1.77 bits per heavy atom. The number of halogens is 1. The van der Waals surface area contributed by atoms with Gasteiger partial charge in [-0.05, 0) is 66.9 Å². The van der Waals surface area contributed by atoms with E-state index in [-0.39, 0.29) is 37.1 Å². The maximum absolute atomic E-state index is 13.4. The van der Waals surface area contributed by atoms with Crippen LogP contribution >= 0.6 is 11.6 Å². The number of carbonyl (C=O) groups excluding carboxylic acids is 1. The second kappa shape index (κ2) is 11.1. The second-order valence-corrected chi connectivity index (χ2v) is 12.2. The van der Waals surface area contributed by atoms with Crippen molar-refractivity contribution < 1.29 is 23.1 Å². The molecule has 2 fully saturated rings. The normalized spacial score (nSPS) is 17.8. The fraction of sp³-hybridized carbons (Fsp3) is 0.370. The Morgan fingerprint density at radius 1 is 1.05 bits per heavy atom. The number of hydrogen-bond acceptors (Lipinski definition) is 7. The predicted octanol–water partition coefficient (Wildman–Crippen LogP) is 3.00. The highest BCUT2D eigenvalue weighted by Gasteiger charge is 2.38. The topological polar surface area (TPSA) is 114 Å². The van der Waals surface area contributed by atoms with Gasteiger partial charge in [-0.25, -0.2) is 13.4 Å². The molecule has 3 aromatic rings. The highest BCUT2D eigenvalue weighted by atomic mass is 35.5. The minimum absolute atomic E-state index is 0.0674. The number of amides is 1. The molecule has 1 N–H and O–H groups in total. The summed E-state index contributed by atoms with van der Waals surface area (Å²) in [6, 6.07) is 13.8. The van der Waals surface area contributed by atoms with Crippen LogP contribution in [0.3, 0.4) is 0 Å².